The minimum atomic E-state index is -0.275. The normalized spacial score (nSPS) is 11.8. The fraction of sp³-hybridized carbons (Fsp3) is 0.278. The molecule has 0 bridgehead atoms. The fourth-order valence-corrected chi connectivity index (χ4v) is 2.28. The molecule has 1 amide bonds. The van der Waals surface area contributed by atoms with Crippen molar-refractivity contribution >= 4 is 23.2 Å². The summed E-state index contributed by atoms with van der Waals surface area (Å²) in [6.07, 6.45) is -0.0548. The lowest BCUT2D eigenvalue weighted by Gasteiger charge is -2.13. The number of nitrogens with one attached hydrogen (secondary N) is 1. The Bertz CT molecular complexity index is 658. The first-order chi connectivity index (χ1) is 11.6. The Morgan fingerprint density at radius 3 is 2.54 bits per heavy atom. The van der Waals surface area contributed by atoms with Crippen LogP contribution in [0.5, 0.6) is 5.75 Å². The van der Waals surface area contributed by atoms with Crippen molar-refractivity contribution in [2.75, 3.05) is 19.0 Å². The summed E-state index contributed by atoms with van der Waals surface area (Å²) in [4.78, 5) is 11.9. The SMILES string of the molecule is COC(CN)CC(=O)Nc1ccc(OCc2ccccc2Cl)cc1. The molecule has 6 heteroatoms. The molecular weight excluding hydrogens is 328 g/mol. The van der Waals surface area contributed by atoms with Crippen molar-refractivity contribution in [3.63, 3.8) is 0 Å². The minimum Gasteiger partial charge on any atom is -0.489 e. The third kappa shape index (κ3) is 5.53. The number of methoxy groups -OCH3 is 1. The van der Waals surface area contributed by atoms with Crippen molar-refractivity contribution in [3.05, 3.63) is 59.1 Å². The molecule has 0 heterocycles. The molecule has 2 aromatic rings. The summed E-state index contributed by atoms with van der Waals surface area (Å²) in [5.74, 6) is 0.557. The average Bonchev–Trinajstić information content (AvgIpc) is 2.60. The molecule has 1 atom stereocenters. The Kier molecular flexibility index (Phi) is 7.06. The molecule has 5 nitrogen and oxygen atoms in total. The molecule has 0 saturated heterocycles. The number of amides is 1. The average molecular weight is 349 g/mol. The van der Waals surface area contributed by atoms with E-state index in [-0.39, 0.29) is 18.4 Å². The maximum absolute atomic E-state index is 11.9. The third-order valence-corrected chi connectivity index (χ3v) is 3.87. The zero-order chi connectivity index (χ0) is 17.4. The largest absolute Gasteiger partial charge is 0.489 e. The summed E-state index contributed by atoms with van der Waals surface area (Å²) >= 11 is 6.09. The van der Waals surface area contributed by atoms with Gasteiger partial charge in [0.25, 0.3) is 0 Å². The van der Waals surface area contributed by atoms with Crippen molar-refractivity contribution in [2.24, 2.45) is 5.73 Å². The summed E-state index contributed by atoms with van der Waals surface area (Å²) < 4.78 is 10.8. The molecule has 0 radical (unpaired) electrons. The van der Waals surface area contributed by atoms with Gasteiger partial charge in [-0.1, -0.05) is 29.8 Å². The molecule has 0 aliphatic heterocycles. The van der Waals surface area contributed by atoms with E-state index in [0.717, 1.165) is 5.56 Å². The molecule has 128 valence electrons. The first-order valence-electron chi connectivity index (χ1n) is 7.61. The van der Waals surface area contributed by atoms with Crippen LogP contribution in [-0.2, 0) is 16.1 Å². The lowest BCUT2D eigenvalue weighted by atomic mass is 10.2. The van der Waals surface area contributed by atoms with E-state index in [1.807, 2.05) is 24.3 Å². The van der Waals surface area contributed by atoms with E-state index in [9.17, 15) is 4.79 Å². The molecule has 1 unspecified atom stereocenters. The summed E-state index contributed by atoms with van der Waals surface area (Å²) in [5, 5.41) is 3.47. The summed E-state index contributed by atoms with van der Waals surface area (Å²) in [5.41, 5.74) is 7.12. The van der Waals surface area contributed by atoms with Gasteiger partial charge in [0.15, 0.2) is 0 Å². The number of halogens is 1. The van der Waals surface area contributed by atoms with Crippen molar-refractivity contribution in [1.29, 1.82) is 0 Å². The molecule has 0 aromatic heterocycles. The van der Waals surface area contributed by atoms with Crippen molar-refractivity contribution in [1.82, 2.24) is 0 Å². The Labute approximate surface area is 146 Å². The second kappa shape index (κ2) is 9.27. The quantitative estimate of drug-likeness (QED) is 0.768. The highest BCUT2D eigenvalue weighted by Gasteiger charge is 2.11. The number of ether oxygens (including phenoxy) is 2. The number of anilines is 1. The molecule has 0 spiro atoms. The topological polar surface area (TPSA) is 73.6 Å². The minimum absolute atomic E-state index is 0.142. The Morgan fingerprint density at radius 2 is 1.92 bits per heavy atom. The lowest BCUT2D eigenvalue weighted by molar-refractivity contribution is -0.118. The van der Waals surface area contributed by atoms with Crippen LogP contribution in [0.15, 0.2) is 48.5 Å². The zero-order valence-corrected chi connectivity index (χ0v) is 14.3. The van der Waals surface area contributed by atoms with E-state index in [2.05, 4.69) is 5.32 Å². The molecule has 0 saturated carbocycles. The van der Waals surface area contributed by atoms with Crippen LogP contribution in [0.1, 0.15) is 12.0 Å². The van der Waals surface area contributed by atoms with Gasteiger partial charge in [0.2, 0.25) is 5.91 Å². The number of carbonyl (C=O) groups excluding carboxylic acids is 1. The van der Waals surface area contributed by atoms with E-state index in [1.54, 1.807) is 24.3 Å². The van der Waals surface area contributed by atoms with Crippen molar-refractivity contribution in [3.8, 4) is 5.75 Å². The van der Waals surface area contributed by atoms with Gasteiger partial charge in [-0.15, -0.1) is 0 Å². The van der Waals surface area contributed by atoms with Crippen LogP contribution in [-0.4, -0.2) is 25.7 Å². The highest BCUT2D eigenvalue weighted by Crippen LogP contribution is 2.20. The molecule has 2 aromatic carbocycles. The van der Waals surface area contributed by atoms with E-state index >= 15 is 0 Å². The second-order valence-electron chi connectivity index (χ2n) is 5.25. The van der Waals surface area contributed by atoms with Gasteiger partial charge in [-0.25, -0.2) is 0 Å². The zero-order valence-electron chi connectivity index (χ0n) is 13.5. The number of hydrogen-bond donors (Lipinski definition) is 2. The number of rotatable bonds is 8. The number of benzene rings is 2. The van der Waals surface area contributed by atoms with Crippen LogP contribution in [0.3, 0.4) is 0 Å². The highest BCUT2D eigenvalue weighted by atomic mass is 35.5. The third-order valence-electron chi connectivity index (χ3n) is 3.50. The van der Waals surface area contributed by atoms with Crippen LogP contribution in [0.25, 0.3) is 0 Å². The smallest absolute Gasteiger partial charge is 0.227 e. The first-order valence-corrected chi connectivity index (χ1v) is 7.99. The van der Waals surface area contributed by atoms with Gasteiger partial charge in [-0.05, 0) is 30.3 Å². The van der Waals surface area contributed by atoms with Gasteiger partial charge in [-0.3, -0.25) is 4.79 Å². The van der Waals surface area contributed by atoms with Crippen LogP contribution >= 0.6 is 11.6 Å². The fourth-order valence-electron chi connectivity index (χ4n) is 2.09. The van der Waals surface area contributed by atoms with Gasteiger partial charge in [-0.2, -0.15) is 0 Å². The maximum Gasteiger partial charge on any atom is 0.227 e. The van der Waals surface area contributed by atoms with E-state index in [4.69, 9.17) is 26.8 Å². The van der Waals surface area contributed by atoms with E-state index in [0.29, 0.717) is 29.6 Å². The first kappa shape index (κ1) is 18.3. The standard InChI is InChI=1S/C18H21ClN2O3/c1-23-16(11-20)10-18(22)21-14-6-8-15(9-7-14)24-12-13-4-2-3-5-17(13)19/h2-9,16H,10-12,20H2,1H3,(H,21,22). The molecule has 0 fully saturated rings. The number of carbonyl (C=O) groups is 1. The predicted octanol–water partition coefficient (Wildman–Crippen LogP) is 3.22. The number of nitrogens with two attached hydrogens (primary N) is 1. The summed E-state index contributed by atoms with van der Waals surface area (Å²) in [7, 11) is 1.54. The van der Waals surface area contributed by atoms with Crippen LogP contribution in [0.2, 0.25) is 5.02 Å². The van der Waals surface area contributed by atoms with Gasteiger partial charge in [0.1, 0.15) is 12.4 Å². The van der Waals surface area contributed by atoms with Crippen LogP contribution < -0.4 is 15.8 Å². The maximum atomic E-state index is 11.9. The van der Waals surface area contributed by atoms with Crippen molar-refractivity contribution in [2.45, 2.75) is 19.1 Å². The summed E-state index contributed by atoms with van der Waals surface area (Å²) in [6.45, 7) is 0.691. The Morgan fingerprint density at radius 1 is 1.21 bits per heavy atom. The number of hydrogen-bond acceptors (Lipinski definition) is 4. The van der Waals surface area contributed by atoms with Crippen LogP contribution in [0.4, 0.5) is 5.69 Å². The van der Waals surface area contributed by atoms with E-state index < -0.39 is 0 Å². The highest BCUT2D eigenvalue weighted by molar-refractivity contribution is 6.31. The van der Waals surface area contributed by atoms with Gasteiger partial charge >= 0.3 is 0 Å². The predicted molar refractivity (Wildman–Crippen MR) is 95.3 cm³/mol. The van der Waals surface area contributed by atoms with Gasteiger partial charge in [0.05, 0.1) is 12.5 Å². The molecule has 2 rings (SSSR count). The van der Waals surface area contributed by atoms with Gasteiger partial charge < -0.3 is 20.5 Å². The molecule has 0 aliphatic carbocycles. The lowest BCUT2D eigenvalue weighted by Crippen LogP contribution is -2.28. The summed E-state index contributed by atoms with van der Waals surface area (Å²) in [6, 6.07) is 14.7. The Balaban J connectivity index is 1.86. The van der Waals surface area contributed by atoms with Gasteiger partial charge in [0, 0.05) is 29.9 Å². The second-order valence-corrected chi connectivity index (χ2v) is 5.66. The Hall–Kier alpha value is -2.08. The van der Waals surface area contributed by atoms with Crippen LogP contribution in [0, 0.1) is 0 Å². The van der Waals surface area contributed by atoms with E-state index in [1.165, 1.54) is 7.11 Å². The molecule has 24 heavy (non-hydrogen) atoms. The molecule has 3 N–H and O–H groups in total. The molecule has 0 aliphatic rings. The van der Waals surface area contributed by atoms with Crippen molar-refractivity contribution < 1.29 is 14.3 Å². The molecular formula is C18H21ClN2O3. The monoisotopic (exact) mass is 348 g/mol.